The number of primary sulfonamides is 1. The molecule has 1 aromatic carbocycles. The van der Waals surface area contributed by atoms with Gasteiger partial charge in [0.1, 0.15) is 5.75 Å². The summed E-state index contributed by atoms with van der Waals surface area (Å²) in [5.41, 5.74) is -1.13. The first-order valence-corrected chi connectivity index (χ1v) is 8.62. The SMILES string of the molecule is NS(=O)(=O)c1ccc(O)c(C(=O)NCC2(O)CCCCC2)c1. The fourth-order valence-corrected chi connectivity index (χ4v) is 3.14. The van der Waals surface area contributed by atoms with Gasteiger partial charge in [0, 0.05) is 6.54 Å². The summed E-state index contributed by atoms with van der Waals surface area (Å²) in [5.74, 6) is -0.998. The molecule has 122 valence electrons. The molecule has 2 rings (SSSR count). The molecule has 1 saturated carbocycles. The Balaban J connectivity index is 2.12. The lowest BCUT2D eigenvalue weighted by Gasteiger charge is -2.32. The zero-order valence-electron chi connectivity index (χ0n) is 12.1. The van der Waals surface area contributed by atoms with Gasteiger partial charge in [-0.25, -0.2) is 13.6 Å². The predicted molar refractivity (Wildman–Crippen MR) is 79.8 cm³/mol. The van der Waals surface area contributed by atoms with E-state index in [1.807, 2.05) is 0 Å². The number of aliphatic hydroxyl groups is 1. The molecule has 1 aromatic rings. The van der Waals surface area contributed by atoms with E-state index in [-0.39, 0.29) is 22.8 Å². The number of benzene rings is 1. The first kappa shape index (κ1) is 16.7. The molecule has 5 N–H and O–H groups in total. The zero-order chi connectivity index (χ0) is 16.4. The van der Waals surface area contributed by atoms with Gasteiger partial charge in [-0.3, -0.25) is 4.79 Å². The molecule has 0 unspecified atom stereocenters. The fourth-order valence-electron chi connectivity index (χ4n) is 2.60. The Morgan fingerprint density at radius 3 is 2.50 bits per heavy atom. The molecule has 8 heteroatoms. The van der Waals surface area contributed by atoms with Crippen LogP contribution < -0.4 is 10.5 Å². The number of hydrogen-bond acceptors (Lipinski definition) is 5. The lowest BCUT2D eigenvalue weighted by atomic mass is 9.85. The number of sulfonamides is 1. The number of carbonyl (C=O) groups is 1. The quantitative estimate of drug-likeness (QED) is 0.638. The van der Waals surface area contributed by atoms with Gasteiger partial charge in [0.15, 0.2) is 0 Å². The van der Waals surface area contributed by atoms with E-state index >= 15 is 0 Å². The van der Waals surface area contributed by atoms with Crippen molar-refractivity contribution in [3.8, 4) is 5.75 Å². The van der Waals surface area contributed by atoms with E-state index in [0.717, 1.165) is 37.5 Å². The Hall–Kier alpha value is -1.64. The smallest absolute Gasteiger partial charge is 0.255 e. The number of amides is 1. The molecule has 22 heavy (non-hydrogen) atoms. The maximum absolute atomic E-state index is 12.1. The first-order chi connectivity index (χ1) is 10.2. The average Bonchev–Trinajstić information content (AvgIpc) is 2.45. The maximum Gasteiger partial charge on any atom is 0.255 e. The van der Waals surface area contributed by atoms with E-state index in [0.29, 0.717) is 12.8 Å². The number of nitrogens with two attached hydrogens (primary N) is 1. The Morgan fingerprint density at radius 1 is 1.27 bits per heavy atom. The Kier molecular flexibility index (Phi) is 4.74. The second kappa shape index (κ2) is 6.23. The summed E-state index contributed by atoms with van der Waals surface area (Å²) in [5, 5.41) is 27.6. The lowest BCUT2D eigenvalue weighted by molar-refractivity contribution is 0.00522. The standard InChI is InChI=1S/C14H20N2O5S/c15-22(20,21)10-4-5-12(17)11(8-10)13(18)16-9-14(19)6-2-1-3-7-14/h4-5,8,17,19H,1-3,6-7,9H2,(H,16,18)(H2,15,20,21). The van der Waals surface area contributed by atoms with Gasteiger partial charge in [0.25, 0.3) is 5.91 Å². The molecular weight excluding hydrogens is 308 g/mol. The number of aromatic hydroxyl groups is 1. The van der Waals surface area contributed by atoms with Crippen LogP contribution in [0, 0.1) is 0 Å². The van der Waals surface area contributed by atoms with Crippen molar-refractivity contribution in [2.75, 3.05) is 6.54 Å². The Labute approximate surface area is 129 Å². The molecule has 7 nitrogen and oxygen atoms in total. The first-order valence-electron chi connectivity index (χ1n) is 7.08. The van der Waals surface area contributed by atoms with Crippen molar-refractivity contribution in [3.63, 3.8) is 0 Å². The summed E-state index contributed by atoms with van der Waals surface area (Å²) in [6.45, 7) is 0.0604. The fraction of sp³-hybridized carbons (Fsp3) is 0.500. The molecule has 1 amide bonds. The van der Waals surface area contributed by atoms with Gasteiger partial charge >= 0.3 is 0 Å². The highest BCUT2D eigenvalue weighted by molar-refractivity contribution is 7.89. The number of phenols is 1. The van der Waals surface area contributed by atoms with Crippen LogP contribution in [0.4, 0.5) is 0 Å². The van der Waals surface area contributed by atoms with Crippen LogP contribution in [0.1, 0.15) is 42.5 Å². The summed E-state index contributed by atoms with van der Waals surface area (Å²) in [6.07, 6.45) is 4.08. The second-order valence-electron chi connectivity index (χ2n) is 5.69. The van der Waals surface area contributed by atoms with Gasteiger partial charge in [-0.2, -0.15) is 0 Å². The highest BCUT2D eigenvalue weighted by Gasteiger charge is 2.30. The molecule has 0 heterocycles. The molecule has 1 aliphatic carbocycles. The van der Waals surface area contributed by atoms with Crippen LogP contribution in [0.15, 0.2) is 23.1 Å². The maximum atomic E-state index is 12.1. The molecule has 0 saturated heterocycles. The van der Waals surface area contributed by atoms with Crippen LogP contribution >= 0.6 is 0 Å². The van der Waals surface area contributed by atoms with Crippen molar-refractivity contribution in [3.05, 3.63) is 23.8 Å². The third-order valence-electron chi connectivity index (χ3n) is 3.90. The Bertz CT molecular complexity index is 666. The molecule has 0 radical (unpaired) electrons. The second-order valence-corrected chi connectivity index (χ2v) is 7.25. The summed E-state index contributed by atoms with van der Waals surface area (Å²) in [7, 11) is -3.96. The third kappa shape index (κ3) is 3.96. The average molecular weight is 328 g/mol. The molecule has 1 fully saturated rings. The molecular formula is C14H20N2O5S. The van der Waals surface area contributed by atoms with E-state index in [2.05, 4.69) is 5.32 Å². The van der Waals surface area contributed by atoms with Gasteiger partial charge < -0.3 is 15.5 Å². The summed E-state index contributed by atoms with van der Waals surface area (Å²) in [4.78, 5) is 11.9. The van der Waals surface area contributed by atoms with E-state index in [1.54, 1.807) is 0 Å². The van der Waals surface area contributed by atoms with Crippen molar-refractivity contribution in [2.45, 2.75) is 42.6 Å². The number of hydrogen-bond donors (Lipinski definition) is 4. The van der Waals surface area contributed by atoms with Gasteiger partial charge in [-0.1, -0.05) is 19.3 Å². The summed E-state index contributed by atoms with van der Waals surface area (Å²) < 4.78 is 22.6. The van der Waals surface area contributed by atoms with Gasteiger partial charge in [-0.05, 0) is 31.0 Å². The molecule has 0 atom stereocenters. The number of carbonyl (C=O) groups excluding carboxylic acids is 1. The highest BCUT2D eigenvalue weighted by Crippen LogP contribution is 2.27. The van der Waals surface area contributed by atoms with Crippen LogP contribution in [0.25, 0.3) is 0 Å². The predicted octanol–water partition coefficient (Wildman–Crippen LogP) is 0.465. The molecule has 0 aromatic heterocycles. The highest BCUT2D eigenvalue weighted by atomic mass is 32.2. The third-order valence-corrected chi connectivity index (χ3v) is 4.81. The van der Waals surface area contributed by atoms with Crippen molar-refractivity contribution < 1.29 is 23.4 Å². The minimum absolute atomic E-state index is 0.0604. The molecule has 0 aliphatic heterocycles. The number of rotatable bonds is 4. The Morgan fingerprint density at radius 2 is 1.91 bits per heavy atom. The van der Waals surface area contributed by atoms with Crippen LogP contribution in [0.2, 0.25) is 0 Å². The van der Waals surface area contributed by atoms with E-state index < -0.39 is 21.5 Å². The number of phenolic OH excluding ortho intramolecular Hbond substituents is 1. The molecule has 0 spiro atoms. The monoisotopic (exact) mass is 328 g/mol. The van der Waals surface area contributed by atoms with Crippen LogP contribution in [0.3, 0.4) is 0 Å². The van der Waals surface area contributed by atoms with E-state index in [9.17, 15) is 23.4 Å². The van der Waals surface area contributed by atoms with Crippen LogP contribution in [-0.4, -0.2) is 36.7 Å². The van der Waals surface area contributed by atoms with E-state index in [4.69, 9.17) is 5.14 Å². The van der Waals surface area contributed by atoms with Crippen molar-refractivity contribution in [1.82, 2.24) is 5.32 Å². The molecule has 0 bridgehead atoms. The van der Waals surface area contributed by atoms with Crippen molar-refractivity contribution in [1.29, 1.82) is 0 Å². The normalized spacial score (nSPS) is 17.9. The largest absolute Gasteiger partial charge is 0.507 e. The minimum Gasteiger partial charge on any atom is -0.507 e. The summed E-state index contributed by atoms with van der Waals surface area (Å²) in [6, 6.07) is 3.24. The van der Waals surface area contributed by atoms with Gasteiger partial charge in [-0.15, -0.1) is 0 Å². The topological polar surface area (TPSA) is 130 Å². The van der Waals surface area contributed by atoms with E-state index in [1.165, 1.54) is 0 Å². The minimum atomic E-state index is -3.96. The van der Waals surface area contributed by atoms with Crippen molar-refractivity contribution in [2.24, 2.45) is 5.14 Å². The van der Waals surface area contributed by atoms with Gasteiger partial charge in [0.05, 0.1) is 16.1 Å². The summed E-state index contributed by atoms with van der Waals surface area (Å²) >= 11 is 0. The molecule has 1 aliphatic rings. The van der Waals surface area contributed by atoms with Crippen LogP contribution in [0.5, 0.6) is 5.75 Å². The van der Waals surface area contributed by atoms with Crippen molar-refractivity contribution >= 4 is 15.9 Å². The van der Waals surface area contributed by atoms with Crippen LogP contribution in [-0.2, 0) is 10.0 Å². The number of nitrogens with one attached hydrogen (secondary N) is 1. The lowest BCUT2D eigenvalue weighted by Crippen LogP contribution is -2.44. The van der Waals surface area contributed by atoms with Gasteiger partial charge in [0.2, 0.25) is 10.0 Å². The zero-order valence-corrected chi connectivity index (χ0v) is 12.9.